The van der Waals surface area contributed by atoms with E-state index in [-0.39, 0.29) is 29.4 Å². The van der Waals surface area contributed by atoms with Crippen LogP contribution in [0.3, 0.4) is 0 Å². The monoisotopic (exact) mass is 366 g/mol. The average Bonchev–Trinajstić information content (AvgIpc) is 3.05. The van der Waals surface area contributed by atoms with Gasteiger partial charge in [-0.2, -0.15) is 23.5 Å². The zero-order valence-electron chi connectivity index (χ0n) is 12.4. The minimum Gasteiger partial charge on any atom is -0.387 e. The first-order chi connectivity index (χ1) is 10.7. The Morgan fingerprint density at radius 1 is 1.52 bits per heavy atom. The number of hydrogen-bond donors (Lipinski definition) is 0. The molecule has 0 bridgehead atoms. The number of aromatic nitrogens is 2. The molecular weight excluding hydrogens is 353 g/mol. The summed E-state index contributed by atoms with van der Waals surface area (Å²) < 4.78 is 40.4. The van der Waals surface area contributed by atoms with Gasteiger partial charge in [-0.05, 0) is 13.8 Å². The van der Waals surface area contributed by atoms with Crippen LogP contribution < -0.4 is 0 Å². The average molecular weight is 367 g/mol. The summed E-state index contributed by atoms with van der Waals surface area (Å²) in [5.41, 5.74) is -1.87. The van der Waals surface area contributed by atoms with Crippen molar-refractivity contribution in [1.82, 2.24) is 9.78 Å². The molecule has 0 saturated carbocycles. The highest BCUT2D eigenvalue weighted by molar-refractivity contribution is 8.13. The first-order valence-corrected chi connectivity index (χ1v) is 8.27. The van der Waals surface area contributed by atoms with Gasteiger partial charge in [0.05, 0.1) is 5.88 Å². The molecule has 1 aliphatic heterocycles. The number of rotatable bonds is 4. The summed E-state index contributed by atoms with van der Waals surface area (Å²) in [5.74, 6) is 0.171. The second kappa shape index (κ2) is 6.61. The number of oxime groups is 1. The Balaban J connectivity index is 2.23. The van der Waals surface area contributed by atoms with Crippen molar-refractivity contribution < 1.29 is 18.0 Å². The lowest BCUT2D eigenvalue weighted by Crippen LogP contribution is -2.26. The van der Waals surface area contributed by atoms with Crippen molar-refractivity contribution in [2.24, 2.45) is 5.16 Å². The molecule has 0 fully saturated rings. The van der Waals surface area contributed by atoms with Crippen molar-refractivity contribution in [2.45, 2.75) is 44.3 Å². The van der Waals surface area contributed by atoms with Crippen molar-refractivity contribution >= 4 is 28.4 Å². The number of hydrogen-bond acceptors (Lipinski definition) is 5. The van der Waals surface area contributed by atoms with Gasteiger partial charge in [-0.25, -0.2) is 0 Å². The van der Waals surface area contributed by atoms with Crippen molar-refractivity contribution in [3.05, 3.63) is 17.0 Å². The summed E-state index contributed by atoms with van der Waals surface area (Å²) in [6, 6.07) is 1.81. The van der Waals surface area contributed by atoms with Crippen molar-refractivity contribution in [2.75, 3.05) is 5.88 Å². The van der Waals surface area contributed by atoms with Crippen LogP contribution in [-0.4, -0.2) is 26.3 Å². The highest BCUT2D eigenvalue weighted by Gasteiger charge is 2.40. The number of thioether (sulfide) groups is 1. The molecule has 126 valence electrons. The topological polar surface area (TPSA) is 63.2 Å². The van der Waals surface area contributed by atoms with Gasteiger partial charge < -0.3 is 4.84 Å². The van der Waals surface area contributed by atoms with E-state index in [9.17, 15) is 13.2 Å². The summed E-state index contributed by atoms with van der Waals surface area (Å²) in [4.78, 5) is 5.20. The number of halogens is 4. The molecule has 1 aromatic heterocycles. The third-order valence-electron chi connectivity index (χ3n) is 3.28. The Hall–Kier alpha value is -1.40. The van der Waals surface area contributed by atoms with Gasteiger partial charge in [0.15, 0.2) is 11.3 Å². The molecule has 2 heterocycles. The summed E-state index contributed by atoms with van der Waals surface area (Å²) >= 11 is 6.87. The number of nitriles is 1. The lowest BCUT2D eigenvalue weighted by atomic mass is 10.1. The van der Waals surface area contributed by atoms with Crippen LogP contribution in [0.25, 0.3) is 0 Å². The van der Waals surface area contributed by atoms with Crippen molar-refractivity contribution in [3.8, 4) is 6.07 Å². The molecule has 1 unspecified atom stereocenters. The molecule has 2 rings (SSSR count). The normalized spacial score (nSPS) is 21.0. The molecule has 1 aliphatic rings. The molecule has 1 aromatic rings. The fourth-order valence-corrected chi connectivity index (χ4v) is 3.29. The van der Waals surface area contributed by atoms with Gasteiger partial charge in [-0.3, -0.25) is 4.68 Å². The van der Waals surface area contributed by atoms with E-state index < -0.39 is 17.5 Å². The maximum atomic E-state index is 13.1. The molecule has 0 N–H and O–H groups in total. The lowest BCUT2D eigenvalue weighted by Gasteiger charge is -2.16. The van der Waals surface area contributed by atoms with E-state index in [4.69, 9.17) is 21.7 Å². The molecule has 0 aliphatic carbocycles. The lowest BCUT2D eigenvalue weighted by molar-refractivity contribution is -0.142. The van der Waals surface area contributed by atoms with Crippen molar-refractivity contribution in [1.29, 1.82) is 5.26 Å². The standard InChI is InChI=1S/C13H14ClF3N4OS/c1-3-21-9(5-18)8(11(19-21)13(15,16)17)6-23-10-4-12(2,7-14)22-20-10/h3-4,6-7H2,1-2H3. The molecule has 0 saturated heterocycles. The Morgan fingerprint density at radius 2 is 2.22 bits per heavy atom. The van der Waals surface area contributed by atoms with Gasteiger partial charge in [0.25, 0.3) is 0 Å². The van der Waals surface area contributed by atoms with E-state index in [1.54, 1.807) is 19.9 Å². The smallest absolute Gasteiger partial charge is 0.387 e. The fraction of sp³-hybridized carbons (Fsp3) is 0.615. The molecule has 5 nitrogen and oxygen atoms in total. The van der Waals surface area contributed by atoms with Gasteiger partial charge in [-0.15, -0.1) is 23.4 Å². The third-order valence-corrected chi connectivity index (χ3v) is 4.83. The molecule has 10 heteroatoms. The number of nitrogens with zero attached hydrogens (tertiary/aromatic N) is 4. The molecule has 23 heavy (non-hydrogen) atoms. The zero-order valence-corrected chi connectivity index (χ0v) is 14.0. The number of alkyl halides is 4. The molecule has 0 spiro atoms. The first-order valence-electron chi connectivity index (χ1n) is 6.75. The first kappa shape index (κ1) is 17.9. The summed E-state index contributed by atoms with van der Waals surface area (Å²) in [6.07, 6.45) is -4.19. The maximum Gasteiger partial charge on any atom is 0.435 e. The van der Waals surface area contributed by atoms with Crippen LogP contribution in [0.2, 0.25) is 0 Å². The molecule has 0 radical (unpaired) electrons. The zero-order chi connectivity index (χ0) is 17.3. The Bertz CT molecular complexity index is 667. The Morgan fingerprint density at radius 3 is 2.70 bits per heavy atom. The number of aryl methyl sites for hydroxylation is 1. The van der Waals surface area contributed by atoms with Gasteiger partial charge in [-0.1, -0.05) is 5.16 Å². The fourth-order valence-electron chi connectivity index (χ4n) is 2.07. The molecule has 0 aromatic carbocycles. The van der Waals surface area contributed by atoms with Gasteiger partial charge in [0, 0.05) is 24.3 Å². The molecule has 0 amide bonds. The van der Waals surface area contributed by atoms with E-state index in [0.717, 1.165) is 16.4 Å². The molecular formula is C13H14ClF3N4OS. The van der Waals surface area contributed by atoms with Crippen molar-refractivity contribution in [3.63, 3.8) is 0 Å². The summed E-state index contributed by atoms with van der Waals surface area (Å²) in [5, 5.41) is 17.1. The second-order valence-electron chi connectivity index (χ2n) is 5.23. The minimum atomic E-state index is -4.61. The highest BCUT2D eigenvalue weighted by Crippen LogP contribution is 2.36. The predicted octanol–water partition coefficient (Wildman–Crippen LogP) is 3.76. The Labute approximate surface area is 140 Å². The van der Waals surface area contributed by atoms with Crippen LogP contribution in [0.1, 0.15) is 37.2 Å². The summed E-state index contributed by atoms with van der Waals surface area (Å²) in [6.45, 7) is 3.59. The summed E-state index contributed by atoms with van der Waals surface area (Å²) in [7, 11) is 0. The second-order valence-corrected chi connectivity index (χ2v) is 6.54. The van der Waals surface area contributed by atoms with Gasteiger partial charge in [0.2, 0.25) is 0 Å². The van der Waals surface area contributed by atoms with E-state index in [1.165, 1.54) is 0 Å². The van der Waals surface area contributed by atoms with E-state index in [1.807, 2.05) is 0 Å². The van der Waals surface area contributed by atoms with E-state index >= 15 is 0 Å². The maximum absolute atomic E-state index is 13.1. The Kier molecular flexibility index (Phi) is 5.16. The van der Waals surface area contributed by atoms with Crippen LogP contribution >= 0.6 is 23.4 Å². The highest BCUT2D eigenvalue weighted by atomic mass is 35.5. The van der Waals surface area contributed by atoms with Gasteiger partial charge >= 0.3 is 6.18 Å². The van der Waals surface area contributed by atoms with Gasteiger partial charge in [0.1, 0.15) is 16.8 Å². The van der Waals surface area contributed by atoms with E-state index in [0.29, 0.717) is 11.5 Å². The quantitative estimate of drug-likeness (QED) is 0.761. The van der Waals surface area contributed by atoms with Crippen LogP contribution in [0.4, 0.5) is 13.2 Å². The molecule has 1 atom stereocenters. The minimum absolute atomic E-state index is 0.0572. The SMILES string of the molecule is CCn1nc(C(F)(F)F)c(CSC2=NOC(C)(CCl)C2)c1C#N. The predicted molar refractivity (Wildman–Crippen MR) is 81.2 cm³/mol. The largest absolute Gasteiger partial charge is 0.435 e. The van der Waals surface area contributed by atoms with Crippen LogP contribution in [0.5, 0.6) is 0 Å². The van der Waals surface area contributed by atoms with Crippen LogP contribution in [0, 0.1) is 11.3 Å². The third kappa shape index (κ3) is 3.75. The van der Waals surface area contributed by atoms with E-state index in [2.05, 4.69) is 10.3 Å². The van der Waals surface area contributed by atoms with Crippen LogP contribution in [-0.2, 0) is 23.3 Å². The van der Waals surface area contributed by atoms with Crippen LogP contribution in [0.15, 0.2) is 5.16 Å².